The van der Waals surface area contributed by atoms with E-state index in [-0.39, 0.29) is 19.0 Å². The number of esters is 1. The lowest BCUT2D eigenvalue weighted by Gasteiger charge is -2.10. The van der Waals surface area contributed by atoms with E-state index < -0.39 is 11.9 Å². The van der Waals surface area contributed by atoms with E-state index in [0.717, 1.165) is 11.1 Å². The van der Waals surface area contributed by atoms with Gasteiger partial charge in [0, 0.05) is 10.9 Å². The number of carbonyl (C=O) groups excluding carboxylic acids is 2. The highest BCUT2D eigenvalue weighted by molar-refractivity contribution is 7.15. The van der Waals surface area contributed by atoms with Gasteiger partial charge in [-0.1, -0.05) is 29.8 Å². The minimum Gasteiger partial charge on any atom is -0.484 e. The molecule has 7 heteroatoms. The lowest BCUT2D eigenvalue weighted by Crippen LogP contribution is -2.21. The molecule has 0 fully saturated rings. The zero-order chi connectivity index (χ0) is 20.8. The summed E-state index contributed by atoms with van der Waals surface area (Å²) in [4.78, 5) is 24.9. The maximum absolute atomic E-state index is 12.9. The number of halogens is 1. The van der Waals surface area contributed by atoms with E-state index in [4.69, 9.17) is 9.47 Å². The van der Waals surface area contributed by atoms with Crippen molar-refractivity contribution in [2.45, 2.75) is 13.8 Å². The van der Waals surface area contributed by atoms with Gasteiger partial charge in [-0.25, -0.2) is 9.18 Å². The number of anilines is 1. The van der Waals surface area contributed by atoms with Crippen LogP contribution in [0.3, 0.4) is 0 Å². The van der Waals surface area contributed by atoms with Crippen molar-refractivity contribution in [1.82, 2.24) is 0 Å². The standard InChI is InChI=1S/C22H20FNO4S/c1-3-27-22(26)20-18(15-6-4-14(2)5-7-15)13-29-21(20)24-19(25)12-28-17-10-8-16(23)9-11-17/h4-11,13H,3,12H2,1-2H3,(H,24,25). The van der Waals surface area contributed by atoms with Crippen LogP contribution < -0.4 is 10.1 Å². The second-order valence-electron chi connectivity index (χ2n) is 6.23. The number of rotatable bonds is 7. The van der Waals surface area contributed by atoms with Crippen LogP contribution >= 0.6 is 11.3 Å². The molecule has 29 heavy (non-hydrogen) atoms. The average molecular weight is 413 g/mol. The highest BCUT2D eigenvalue weighted by atomic mass is 32.1. The predicted octanol–water partition coefficient (Wildman–Crippen LogP) is 5.06. The van der Waals surface area contributed by atoms with Gasteiger partial charge in [0.15, 0.2) is 6.61 Å². The van der Waals surface area contributed by atoms with Crippen LogP contribution in [-0.2, 0) is 9.53 Å². The van der Waals surface area contributed by atoms with Gasteiger partial charge in [0.2, 0.25) is 0 Å². The fraction of sp³-hybridized carbons (Fsp3) is 0.182. The van der Waals surface area contributed by atoms with E-state index >= 15 is 0 Å². The molecular weight excluding hydrogens is 393 g/mol. The number of ether oxygens (including phenoxy) is 2. The summed E-state index contributed by atoms with van der Waals surface area (Å²) in [5.41, 5.74) is 2.98. The van der Waals surface area contributed by atoms with E-state index in [2.05, 4.69) is 5.32 Å². The van der Waals surface area contributed by atoms with Crippen LogP contribution in [0.5, 0.6) is 5.75 Å². The quantitative estimate of drug-likeness (QED) is 0.550. The first-order valence-corrected chi connectivity index (χ1v) is 9.89. The molecule has 0 aliphatic heterocycles. The van der Waals surface area contributed by atoms with Gasteiger partial charge >= 0.3 is 5.97 Å². The van der Waals surface area contributed by atoms with Crippen LogP contribution in [0.15, 0.2) is 53.9 Å². The largest absolute Gasteiger partial charge is 0.484 e. The van der Waals surface area contributed by atoms with Crippen molar-refractivity contribution in [2.75, 3.05) is 18.5 Å². The van der Waals surface area contributed by atoms with E-state index in [9.17, 15) is 14.0 Å². The molecule has 1 heterocycles. The molecule has 0 aliphatic carbocycles. The van der Waals surface area contributed by atoms with Gasteiger partial charge in [-0.05, 0) is 43.7 Å². The van der Waals surface area contributed by atoms with Crippen molar-refractivity contribution < 1.29 is 23.5 Å². The highest BCUT2D eigenvalue weighted by Crippen LogP contribution is 2.36. The van der Waals surface area contributed by atoms with Crippen molar-refractivity contribution >= 4 is 28.2 Å². The number of hydrogen-bond acceptors (Lipinski definition) is 5. The Morgan fingerprint density at radius 2 is 1.76 bits per heavy atom. The molecule has 0 saturated heterocycles. The van der Waals surface area contributed by atoms with Gasteiger partial charge in [0.25, 0.3) is 5.91 Å². The summed E-state index contributed by atoms with van der Waals surface area (Å²) < 4.78 is 23.5. The summed E-state index contributed by atoms with van der Waals surface area (Å²) in [5.74, 6) is -0.946. The van der Waals surface area contributed by atoms with Gasteiger partial charge in [0.1, 0.15) is 22.1 Å². The molecule has 0 radical (unpaired) electrons. The Morgan fingerprint density at radius 1 is 1.07 bits per heavy atom. The molecule has 0 bridgehead atoms. The maximum Gasteiger partial charge on any atom is 0.341 e. The third kappa shape index (κ3) is 5.20. The van der Waals surface area contributed by atoms with Crippen LogP contribution in [0.1, 0.15) is 22.8 Å². The molecule has 2 aromatic carbocycles. The first-order valence-electron chi connectivity index (χ1n) is 9.01. The molecule has 1 amide bonds. The first kappa shape index (κ1) is 20.5. The fourth-order valence-electron chi connectivity index (χ4n) is 2.64. The Hall–Kier alpha value is -3.19. The average Bonchev–Trinajstić information content (AvgIpc) is 3.12. The van der Waals surface area contributed by atoms with Crippen LogP contribution in [-0.4, -0.2) is 25.1 Å². The van der Waals surface area contributed by atoms with E-state index in [1.165, 1.54) is 35.6 Å². The smallest absolute Gasteiger partial charge is 0.341 e. The lowest BCUT2D eigenvalue weighted by molar-refractivity contribution is -0.118. The Labute approximate surface area is 172 Å². The molecule has 3 rings (SSSR count). The van der Waals surface area contributed by atoms with Crippen molar-refractivity contribution in [1.29, 1.82) is 0 Å². The Morgan fingerprint density at radius 3 is 2.41 bits per heavy atom. The molecule has 150 valence electrons. The van der Waals surface area contributed by atoms with Crippen LogP contribution in [0, 0.1) is 12.7 Å². The first-order chi connectivity index (χ1) is 14.0. The second kappa shape index (κ2) is 9.34. The van der Waals surface area contributed by atoms with Gasteiger partial charge < -0.3 is 14.8 Å². The molecule has 0 atom stereocenters. The lowest BCUT2D eigenvalue weighted by atomic mass is 10.0. The molecule has 0 spiro atoms. The SMILES string of the molecule is CCOC(=O)c1c(-c2ccc(C)cc2)csc1NC(=O)COc1ccc(F)cc1. The van der Waals surface area contributed by atoms with Gasteiger partial charge in [-0.3, -0.25) is 4.79 Å². The topological polar surface area (TPSA) is 64.6 Å². The molecule has 0 unspecified atom stereocenters. The fourth-order valence-corrected chi connectivity index (χ4v) is 3.62. The van der Waals surface area contributed by atoms with E-state index in [0.29, 0.717) is 21.9 Å². The Bertz CT molecular complexity index is 997. The zero-order valence-electron chi connectivity index (χ0n) is 16.0. The molecule has 5 nitrogen and oxygen atoms in total. The summed E-state index contributed by atoms with van der Waals surface area (Å²) in [5, 5.41) is 4.92. The van der Waals surface area contributed by atoms with Crippen molar-refractivity contribution in [3.05, 3.63) is 70.9 Å². The molecule has 3 aromatic rings. The number of hydrogen-bond donors (Lipinski definition) is 1. The highest BCUT2D eigenvalue weighted by Gasteiger charge is 2.23. The minimum absolute atomic E-state index is 0.225. The number of amides is 1. The van der Waals surface area contributed by atoms with Gasteiger partial charge in [-0.2, -0.15) is 0 Å². The number of nitrogens with one attached hydrogen (secondary N) is 1. The second-order valence-corrected chi connectivity index (χ2v) is 7.11. The van der Waals surface area contributed by atoms with Crippen LogP contribution in [0.25, 0.3) is 11.1 Å². The summed E-state index contributed by atoms with van der Waals surface area (Å²) in [6.07, 6.45) is 0. The molecular formula is C22H20FNO4S. The van der Waals surface area contributed by atoms with Gasteiger partial charge in [0.05, 0.1) is 6.61 Å². The van der Waals surface area contributed by atoms with Crippen LogP contribution in [0.2, 0.25) is 0 Å². The number of carbonyl (C=O) groups is 2. The van der Waals surface area contributed by atoms with Crippen molar-refractivity contribution in [3.8, 4) is 16.9 Å². The molecule has 0 aliphatic rings. The summed E-state index contributed by atoms with van der Waals surface area (Å²) in [7, 11) is 0. The third-order valence-corrected chi connectivity index (χ3v) is 4.97. The van der Waals surface area contributed by atoms with E-state index in [1.807, 2.05) is 36.6 Å². The summed E-state index contributed by atoms with van der Waals surface area (Å²) in [6, 6.07) is 13.1. The van der Waals surface area contributed by atoms with Crippen LogP contribution in [0.4, 0.5) is 9.39 Å². The van der Waals surface area contributed by atoms with Crippen molar-refractivity contribution in [2.24, 2.45) is 0 Å². The zero-order valence-corrected chi connectivity index (χ0v) is 16.8. The number of aryl methyl sites for hydroxylation is 1. The maximum atomic E-state index is 12.9. The van der Waals surface area contributed by atoms with E-state index in [1.54, 1.807) is 6.92 Å². The number of benzene rings is 2. The Kier molecular flexibility index (Phi) is 6.61. The predicted molar refractivity (Wildman–Crippen MR) is 111 cm³/mol. The summed E-state index contributed by atoms with van der Waals surface area (Å²) in [6.45, 7) is 3.66. The Balaban J connectivity index is 1.78. The molecule has 0 saturated carbocycles. The monoisotopic (exact) mass is 413 g/mol. The minimum atomic E-state index is -0.501. The third-order valence-electron chi connectivity index (χ3n) is 4.07. The molecule has 1 N–H and O–H groups in total. The van der Waals surface area contributed by atoms with Crippen molar-refractivity contribution in [3.63, 3.8) is 0 Å². The normalized spacial score (nSPS) is 10.4. The number of thiophene rings is 1. The van der Waals surface area contributed by atoms with Gasteiger partial charge in [-0.15, -0.1) is 11.3 Å². The molecule has 1 aromatic heterocycles. The summed E-state index contributed by atoms with van der Waals surface area (Å²) >= 11 is 1.24.